The molecule has 0 radical (unpaired) electrons. The van der Waals surface area contributed by atoms with Gasteiger partial charge in [-0.15, -0.1) is 0 Å². The average Bonchev–Trinajstić information content (AvgIpc) is 3.06. The Balaban J connectivity index is 1.91. The zero-order valence-electron chi connectivity index (χ0n) is 14.1. The molecule has 1 amide bonds. The summed E-state index contributed by atoms with van der Waals surface area (Å²) in [7, 11) is 0. The van der Waals surface area contributed by atoms with Crippen LogP contribution in [-0.4, -0.2) is 31.4 Å². The van der Waals surface area contributed by atoms with Crippen LogP contribution in [0.4, 0.5) is 19.0 Å². The molecule has 0 saturated carbocycles. The molecule has 3 aromatic rings. The van der Waals surface area contributed by atoms with Gasteiger partial charge in [-0.3, -0.25) is 10.2 Å². The predicted molar refractivity (Wildman–Crippen MR) is 90.2 cm³/mol. The van der Waals surface area contributed by atoms with Crippen molar-refractivity contribution in [2.75, 3.05) is 5.43 Å². The molecule has 26 heavy (non-hydrogen) atoms. The Hall–Kier alpha value is -2.84. The average molecular weight is 363 g/mol. The van der Waals surface area contributed by atoms with Gasteiger partial charge in [0.2, 0.25) is 5.91 Å². The van der Waals surface area contributed by atoms with Crippen molar-refractivity contribution >= 4 is 33.7 Å². The number of halogens is 3. The predicted octanol–water partition coefficient (Wildman–Crippen LogP) is 3.86. The molecule has 2 N–H and O–H groups in total. The standard InChI is InChI=1S/C17H16F3N5O/c1-16(2)7-6-11(26)25(16)24-15-12-9-4-3-5-10(17(18,19)20)13(9)23-14(12)21-8-22-15/h3-5,8H,6-7H2,1-2H3,(H2,21,22,23,24). The van der Waals surface area contributed by atoms with Crippen LogP contribution in [0.1, 0.15) is 32.3 Å². The lowest BCUT2D eigenvalue weighted by Gasteiger charge is -2.32. The lowest BCUT2D eigenvalue weighted by Crippen LogP contribution is -2.45. The number of aromatic amines is 1. The number of alkyl halides is 3. The number of hydrogen-bond acceptors (Lipinski definition) is 4. The van der Waals surface area contributed by atoms with Gasteiger partial charge in [0.15, 0.2) is 5.82 Å². The van der Waals surface area contributed by atoms with Crippen LogP contribution in [0.2, 0.25) is 0 Å². The Bertz CT molecular complexity index is 1020. The SMILES string of the molecule is CC1(C)CCC(=O)N1Nc1ncnc2[nH]c3c(C(F)(F)F)cccc3c12. The van der Waals surface area contributed by atoms with Crippen molar-refractivity contribution in [1.29, 1.82) is 0 Å². The maximum atomic E-state index is 13.3. The van der Waals surface area contributed by atoms with Gasteiger partial charge in [-0.05, 0) is 26.3 Å². The number of carbonyl (C=O) groups excluding carboxylic acids is 1. The van der Waals surface area contributed by atoms with Crippen LogP contribution in [0, 0.1) is 0 Å². The van der Waals surface area contributed by atoms with Crippen molar-refractivity contribution in [3.63, 3.8) is 0 Å². The summed E-state index contributed by atoms with van der Waals surface area (Å²) in [6.07, 6.45) is -2.16. The fraction of sp³-hybridized carbons (Fsp3) is 0.353. The monoisotopic (exact) mass is 363 g/mol. The summed E-state index contributed by atoms with van der Waals surface area (Å²) in [5, 5.41) is 2.26. The molecule has 6 nitrogen and oxygen atoms in total. The topological polar surface area (TPSA) is 73.9 Å². The quantitative estimate of drug-likeness (QED) is 0.725. The Labute approximate surface area is 146 Å². The van der Waals surface area contributed by atoms with Gasteiger partial charge in [0.1, 0.15) is 12.0 Å². The van der Waals surface area contributed by atoms with Gasteiger partial charge >= 0.3 is 6.18 Å². The summed E-state index contributed by atoms with van der Waals surface area (Å²) in [4.78, 5) is 23.1. The molecule has 136 valence electrons. The number of amides is 1. The van der Waals surface area contributed by atoms with Crippen molar-refractivity contribution in [1.82, 2.24) is 20.0 Å². The van der Waals surface area contributed by atoms with Gasteiger partial charge in [-0.2, -0.15) is 13.2 Å². The number of rotatable bonds is 2. The third-order valence-corrected chi connectivity index (χ3v) is 4.75. The summed E-state index contributed by atoms with van der Waals surface area (Å²) < 4.78 is 39.9. The van der Waals surface area contributed by atoms with E-state index in [9.17, 15) is 18.0 Å². The van der Waals surface area contributed by atoms with Gasteiger partial charge in [0, 0.05) is 11.8 Å². The first-order valence-electron chi connectivity index (χ1n) is 8.11. The number of hydrogen-bond donors (Lipinski definition) is 2. The molecule has 1 saturated heterocycles. The third kappa shape index (κ3) is 2.46. The Morgan fingerprint density at radius 2 is 2.04 bits per heavy atom. The van der Waals surface area contributed by atoms with Crippen LogP contribution in [-0.2, 0) is 11.0 Å². The molecule has 2 aromatic heterocycles. The van der Waals surface area contributed by atoms with Crippen molar-refractivity contribution in [3.05, 3.63) is 30.1 Å². The molecule has 1 fully saturated rings. The van der Waals surface area contributed by atoms with Crippen LogP contribution >= 0.6 is 0 Å². The fourth-order valence-electron chi connectivity index (χ4n) is 3.36. The maximum absolute atomic E-state index is 13.3. The first kappa shape index (κ1) is 16.6. The maximum Gasteiger partial charge on any atom is 0.418 e. The minimum Gasteiger partial charge on any atom is -0.339 e. The van der Waals surface area contributed by atoms with E-state index in [0.717, 1.165) is 6.07 Å². The van der Waals surface area contributed by atoms with E-state index >= 15 is 0 Å². The number of nitrogens with one attached hydrogen (secondary N) is 2. The highest BCUT2D eigenvalue weighted by Crippen LogP contribution is 2.39. The highest BCUT2D eigenvalue weighted by atomic mass is 19.4. The fourth-order valence-corrected chi connectivity index (χ4v) is 3.36. The minimum absolute atomic E-state index is 0.0504. The largest absolute Gasteiger partial charge is 0.418 e. The number of anilines is 1. The number of H-pyrrole nitrogens is 1. The molecule has 4 rings (SSSR count). The number of fused-ring (bicyclic) bond motifs is 3. The second kappa shape index (κ2) is 5.33. The van der Waals surface area contributed by atoms with Crippen LogP contribution in [0.3, 0.4) is 0 Å². The highest BCUT2D eigenvalue weighted by Gasteiger charge is 2.39. The lowest BCUT2D eigenvalue weighted by atomic mass is 10.0. The van der Waals surface area contributed by atoms with Crippen LogP contribution in [0.25, 0.3) is 21.9 Å². The number of para-hydroxylation sites is 1. The second-order valence-corrected chi connectivity index (χ2v) is 6.95. The molecule has 0 bridgehead atoms. The van der Waals surface area contributed by atoms with E-state index < -0.39 is 17.3 Å². The molecule has 0 aliphatic carbocycles. The summed E-state index contributed by atoms with van der Waals surface area (Å²) in [6.45, 7) is 3.83. The summed E-state index contributed by atoms with van der Waals surface area (Å²) >= 11 is 0. The molecule has 9 heteroatoms. The molecule has 1 aliphatic rings. The molecule has 1 aliphatic heterocycles. The molecule has 0 unspecified atom stereocenters. The normalized spacial score (nSPS) is 17.4. The van der Waals surface area contributed by atoms with Crippen molar-refractivity contribution in [2.24, 2.45) is 0 Å². The van der Waals surface area contributed by atoms with E-state index in [1.165, 1.54) is 17.4 Å². The van der Waals surface area contributed by atoms with Crippen LogP contribution < -0.4 is 5.43 Å². The minimum atomic E-state index is -4.49. The number of benzene rings is 1. The molecule has 1 aromatic carbocycles. The van der Waals surface area contributed by atoms with Gasteiger partial charge < -0.3 is 4.98 Å². The smallest absolute Gasteiger partial charge is 0.339 e. The van der Waals surface area contributed by atoms with Gasteiger partial charge in [0.05, 0.1) is 22.0 Å². The van der Waals surface area contributed by atoms with Gasteiger partial charge in [-0.1, -0.05) is 12.1 Å². The summed E-state index contributed by atoms with van der Waals surface area (Å²) in [5.74, 6) is 0.210. The first-order valence-corrected chi connectivity index (χ1v) is 8.11. The molecular weight excluding hydrogens is 347 g/mol. The number of aromatic nitrogens is 3. The summed E-state index contributed by atoms with van der Waals surface area (Å²) in [5.41, 5.74) is 2.03. The number of hydrazine groups is 1. The zero-order chi connectivity index (χ0) is 18.7. The third-order valence-electron chi connectivity index (χ3n) is 4.75. The summed E-state index contributed by atoms with van der Waals surface area (Å²) in [6, 6.07) is 3.94. The highest BCUT2D eigenvalue weighted by molar-refractivity contribution is 6.12. The molecule has 3 heterocycles. The van der Waals surface area contributed by atoms with E-state index in [-0.39, 0.29) is 17.1 Å². The van der Waals surface area contributed by atoms with Gasteiger partial charge in [0.25, 0.3) is 0 Å². The van der Waals surface area contributed by atoms with E-state index in [1.54, 1.807) is 6.07 Å². The van der Waals surface area contributed by atoms with Gasteiger partial charge in [-0.25, -0.2) is 15.0 Å². The van der Waals surface area contributed by atoms with Crippen LogP contribution in [0.15, 0.2) is 24.5 Å². The molecule has 0 spiro atoms. The van der Waals surface area contributed by atoms with E-state index in [4.69, 9.17) is 0 Å². The lowest BCUT2D eigenvalue weighted by molar-refractivity contribution is -0.136. The molecular formula is C17H16F3N5O. The van der Waals surface area contributed by atoms with Crippen molar-refractivity contribution < 1.29 is 18.0 Å². The van der Waals surface area contributed by atoms with E-state index in [1.807, 2.05) is 13.8 Å². The van der Waals surface area contributed by atoms with Crippen molar-refractivity contribution in [3.8, 4) is 0 Å². The first-order chi connectivity index (χ1) is 12.2. The Kier molecular flexibility index (Phi) is 3.40. The van der Waals surface area contributed by atoms with E-state index in [0.29, 0.717) is 29.4 Å². The molecule has 0 atom stereocenters. The number of nitrogens with zero attached hydrogens (tertiary/aromatic N) is 3. The van der Waals surface area contributed by atoms with E-state index in [2.05, 4.69) is 20.4 Å². The van der Waals surface area contributed by atoms with Crippen LogP contribution in [0.5, 0.6) is 0 Å². The zero-order valence-corrected chi connectivity index (χ0v) is 14.1. The Morgan fingerprint density at radius 3 is 2.69 bits per heavy atom. The Morgan fingerprint density at radius 1 is 1.27 bits per heavy atom. The second-order valence-electron chi connectivity index (χ2n) is 6.95. The number of carbonyl (C=O) groups is 1. The van der Waals surface area contributed by atoms with Crippen molar-refractivity contribution in [2.45, 2.75) is 38.4 Å².